The van der Waals surface area contributed by atoms with Gasteiger partial charge in [-0.1, -0.05) is 5.16 Å². The van der Waals surface area contributed by atoms with E-state index in [1.807, 2.05) is 0 Å². The van der Waals surface area contributed by atoms with E-state index in [0.29, 0.717) is 11.3 Å². The Labute approximate surface area is 184 Å². The van der Waals surface area contributed by atoms with Crippen LogP contribution in [0.1, 0.15) is 12.6 Å². The van der Waals surface area contributed by atoms with Crippen LogP contribution in [0.5, 0.6) is 0 Å². The quantitative estimate of drug-likeness (QED) is 0.242. The van der Waals surface area contributed by atoms with Crippen molar-refractivity contribution in [3.05, 3.63) is 22.3 Å². The number of aliphatic carboxylic acids is 1. The van der Waals surface area contributed by atoms with Gasteiger partial charge in [-0.2, -0.15) is 0 Å². The number of hydrogen-bond donors (Lipinski definition) is 3. The monoisotopic (exact) mass is 421 g/mol. The Morgan fingerprint density at radius 1 is 1.52 bits per heavy atom. The van der Waals surface area contributed by atoms with Crippen LogP contribution in [0.4, 0.5) is 5.13 Å². The molecule has 0 spiro atoms. The normalized spacial score (nSPS) is 21.8. The predicted octanol–water partition coefficient (Wildman–Crippen LogP) is -0.814. The molecule has 0 radical (unpaired) electrons. The zero-order valence-electron chi connectivity index (χ0n) is 13.8. The Hall–Kier alpha value is -1.60. The Morgan fingerprint density at radius 2 is 2.22 bits per heavy atom. The van der Waals surface area contributed by atoms with Gasteiger partial charge in [0.2, 0.25) is 0 Å². The van der Waals surface area contributed by atoms with Crippen LogP contribution in [-0.4, -0.2) is 92.3 Å². The second kappa shape index (κ2) is 8.61. The molecule has 140 valence electrons. The Morgan fingerprint density at radius 3 is 2.78 bits per heavy atom. The fourth-order valence-corrected chi connectivity index (χ4v) is 4.52. The maximum absolute atomic E-state index is 12.5. The standard InChI is InChI=1S/C14H15N5O5S2.Na.H/c1-5-3-25-12-8(11(21)19(12)9(5)13(22)23)17-10(20)7(18-24-2)6-4-26-14(15)16-6;;/h4,8,12H,3H2,1-2H3,(H2,15,16)(H,17,20)(H,22,23);;/t8-,12-;;/m1../s1. The van der Waals surface area contributed by atoms with Crippen molar-refractivity contribution in [2.75, 3.05) is 18.6 Å². The van der Waals surface area contributed by atoms with E-state index in [-0.39, 0.29) is 51.8 Å². The summed E-state index contributed by atoms with van der Waals surface area (Å²) in [5, 5.41) is 16.9. The van der Waals surface area contributed by atoms with Crippen molar-refractivity contribution in [1.29, 1.82) is 0 Å². The van der Waals surface area contributed by atoms with Crippen molar-refractivity contribution in [2.45, 2.75) is 18.3 Å². The summed E-state index contributed by atoms with van der Waals surface area (Å²) in [4.78, 5) is 46.2. The third kappa shape index (κ3) is 3.99. The number of β-lactam (4-membered cyclic amide) rings is 1. The van der Waals surface area contributed by atoms with E-state index >= 15 is 0 Å². The number of amides is 2. The number of anilines is 1. The van der Waals surface area contributed by atoms with Gasteiger partial charge in [-0.15, -0.1) is 23.1 Å². The molecule has 0 unspecified atom stereocenters. The third-order valence-electron chi connectivity index (χ3n) is 3.81. The van der Waals surface area contributed by atoms with Crippen LogP contribution >= 0.6 is 23.1 Å². The summed E-state index contributed by atoms with van der Waals surface area (Å²) in [5.74, 6) is -1.84. The van der Waals surface area contributed by atoms with E-state index in [2.05, 4.69) is 20.3 Å². The summed E-state index contributed by atoms with van der Waals surface area (Å²) in [5.41, 5.74) is 6.27. The topological polar surface area (TPSA) is 147 Å². The predicted molar refractivity (Wildman–Crippen MR) is 103 cm³/mol. The molecular formula is C14H16N5NaO5S2. The van der Waals surface area contributed by atoms with E-state index in [1.165, 1.54) is 23.8 Å². The number of carboxylic acid groups (broad SMARTS) is 1. The molecular weight excluding hydrogens is 405 g/mol. The Kier molecular flexibility index (Phi) is 6.92. The van der Waals surface area contributed by atoms with Gasteiger partial charge < -0.3 is 21.0 Å². The Balaban J connectivity index is 0.00000261. The first kappa shape index (κ1) is 21.7. The second-order valence-electron chi connectivity index (χ2n) is 5.49. The molecule has 10 nitrogen and oxygen atoms in total. The minimum absolute atomic E-state index is 0. The average Bonchev–Trinajstić information content (AvgIpc) is 3.02. The zero-order valence-corrected chi connectivity index (χ0v) is 15.4. The number of oxime groups is 1. The van der Waals surface area contributed by atoms with E-state index in [0.717, 1.165) is 11.3 Å². The number of nitrogen functional groups attached to an aromatic ring is 1. The van der Waals surface area contributed by atoms with E-state index in [9.17, 15) is 19.5 Å². The van der Waals surface area contributed by atoms with Crippen LogP contribution in [0.15, 0.2) is 21.8 Å². The molecule has 13 heteroatoms. The molecule has 1 fully saturated rings. The molecule has 2 amide bonds. The molecule has 0 saturated carbocycles. The molecule has 2 aliphatic rings. The number of aromatic nitrogens is 1. The molecule has 1 aromatic heterocycles. The number of carboxylic acids is 1. The van der Waals surface area contributed by atoms with Gasteiger partial charge in [-0.25, -0.2) is 9.78 Å². The van der Waals surface area contributed by atoms with Crippen LogP contribution in [0.3, 0.4) is 0 Å². The number of nitrogens with zero attached hydrogens (tertiary/aromatic N) is 3. The molecule has 1 saturated heterocycles. The molecule has 0 bridgehead atoms. The summed E-state index contributed by atoms with van der Waals surface area (Å²) in [6, 6.07) is -0.854. The first-order valence-electron chi connectivity index (χ1n) is 7.36. The van der Waals surface area contributed by atoms with Crippen LogP contribution < -0.4 is 11.1 Å². The molecule has 1 aromatic rings. The number of carbonyl (C=O) groups is 3. The van der Waals surface area contributed by atoms with E-state index in [4.69, 9.17) is 5.73 Å². The summed E-state index contributed by atoms with van der Waals surface area (Å²) in [6.45, 7) is 1.67. The number of thioether (sulfide) groups is 1. The number of nitrogens with two attached hydrogens (primary N) is 1. The molecule has 2 aliphatic heterocycles. The van der Waals surface area contributed by atoms with Crippen molar-refractivity contribution >= 4 is 81.3 Å². The fourth-order valence-electron chi connectivity index (χ4n) is 2.68. The number of carbonyl (C=O) groups excluding carboxylic acids is 2. The molecule has 0 aromatic carbocycles. The van der Waals surface area contributed by atoms with Gasteiger partial charge in [0.1, 0.15) is 29.9 Å². The van der Waals surface area contributed by atoms with Crippen LogP contribution in [0, 0.1) is 0 Å². The molecule has 27 heavy (non-hydrogen) atoms. The van der Waals surface area contributed by atoms with Crippen LogP contribution in [-0.2, 0) is 19.2 Å². The summed E-state index contributed by atoms with van der Waals surface area (Å²) < 4.78 is 0. The number of hydrogen-bond acceptors (Lipinski definition) is 9. The van der Waals surface area contributed by atoms with Gasteiger partial charge in [-0.3, -0.25) is 14.5 Å². The Bertz CT molecular complexity index is 855. The summed E-state index contributed by atoms with van der Waals surface area (Å²) in [7, 11) is 1.28. The van der Waals surface area contributed by atoms with E-state index < -0.39 is 29.2 Å². The van der Waals surface area contributed by atoms with Crippen LogP contribution in [0.2, 0.25) is 0 Å². The van der Waals surface area contributed by atoms with Crippen LogP contribution in [0.25, 0.3) is 0 Å². The number of nitrogens with one attached hydrogen (secondary N) is 1. The SMILES string of the molecule is CON=C(C(=O)N[C@@H]1C(=O)N2C(C(=O)O)=C(C)CS[C@H]12)c1csc(N)n1.[NaH]. The molecule has 3 rings (SSSR count). The molecule has 3 heterocycles. The van der Waals surface area contributed by atoms with Crippen molar-refractivity contribution < 1.29 is 24.3 Å². The molecule has 0 aliphatic carbocycles. The first-order valence-corrected chi connectivity index (χ1v) is 9.29. The zero-order chi connectivity index (χ0) is 19.0. The van der Waals surface area contributed by atoms with E-state index in [1.54, 1.807) is 12.3 Å². The van der Waals surface area contributed by atoms with Crippen molar-refractivity contribution in [3.8, 4) is 0 Å². The molecule has 2 atom stereocenters. The summed E-state index contributed by atoms with van der Waals surface area (Å²) >= 11 is 2.52. The van der Waals surface area contributed by atoms with Crippen molar-refractivity contribution in [3.63, 3.8) is 0 Å². The number of fused-ring (bicyclic) bond motifs is 1. The van der Waals surface area contributed by atoms with Gasteiger partial charge in [0.25, 0.3) is 11.8 Å². The first-order chi connectivity index (χ1) is 12.3. The minimum atomic E-state index is -1.16. The van der Waals surface area contributed by atoms with Gasteiger partial charge in [0.15, 0.2) is 10.8 Å². The van der Waals surface area contributed by atoms with Crippen molar-refractivity contribution in [2.24, 2.45) is 5.16 Å². The second-order valence-corrected chi connectivity index (χ2v) is 7.48. The third-order valence-corrected chi connectivity index (χ3v) is 5.91. The van der Waals surface area contributed by atoms with Crippen molar-refractivity contribution in [1.82, 2.24) is 15.2 Å². The van der Waals surface area contributed by atoms with Gasteiger partial charge in [0, 0.05) is 11.1 Å². The number of rotatable bonds is 5. The average molecular weight is 421 g/mol. The van der Waals surface area contributed by atoms with Gasteiger partial charge in [0.05, 0.1) is 0 Å². The summed E-state index contributed by atoms with van der Waals surface area (Å²) in [6.07, 6.45) is 0. The molecule has 4 N–H and O–H groups in total. The maximum atomic E-state index is 12.5. The van der Waals surface area contributed by atoms with Gasteiger partial charge >= 0.3 is 35.5 Å². The number of thiazole rings is 1. The fraction of sp³-hybridized carbons (Fsp3) is 0.357. The van der Waals surface area contributed by atoms with Gasteiger partial charge in [-0.05, 0) is 12.5 Å².